The van der Waals surface area contributed by atoms with Gasteiger partial charge < -0.3 is 5.32 Å². The van der Waals surface area contributed by atoms with Gasteiger partial charge in [-0.1, -0.05) is 33.1 Å². The Hall–Kier alpha value is -0.0400. The van der Waals surface area contributed by atoms with Gasteiger partial charge in [-0.3, -0.25) is 0 Å². The maximum atomic E-state index is 3.65. The van der Waals surface area contributed by atoms with Crippen LogP contribution in [0.25, 0.3) is 0 Å². The molecule has 1 atom stereocenters. The first-order chi connectivity index (χ1) is 6.20. The first kappa shape index (κ1) is 11.0. The maximum absolute atomic E-state index is 3.65. The van der Waals surface area contributed by atoms with Crippen molar-refractivity contribution in [1.82, 2.24) is 5.32 Å². The Bertz CT molecular complexity index is 125. The summed E-state index contributed by atoms with van der Waals surface area (Å²) >= 11 is 0. The molecule has 0 unspecified atom stereocenters. The van der Waals surface area contributed by atoms with Gasteiger partial charge >= 0.3 is 0 Å². The normalized spacial score (nSPS) is 22.2. The molecule has 0 aromatic carbocycles. The van der Waals surface area contributed by atoms with E-state index in [1.807, 2.05) is 0 Å². The van der Waals surface area contributed by atoms with Gasteiger partial charge in [0.25, 0.3) is 0 Å². The average Bonchev–Trinajstić information content (AvgIpc) is 2.15. The molecule has 1 fully saturated rings. The van der Waals surface area contributed by atoms with E-state index in [1.54, 1.807) is 0 Å². The predicted octanol–water partition coefficient (Wildman–Crippen LogP) is 3.20. The van der Waals surface area contributed by atoms with Crippen molar-refractivity contribution in [3.8, 4) is 0 Å². The third-order valence-electron chi connectivity index (χ3n) is 3.21. The highest BCUT2D eigenvalue weighted by atomic mass is 14.9. The molecule has 0 heterocycles. The van der Waals surface area contributed by atoms with Gasteiger partial charge in [0.2, 0.25) is 0 Å². The van der Waals surface area contributed by atoms with Crippen LogP contribution in [0.5, 0.6) is 0 Å². The van der Waals surface area contributed by atoms with Crippen molar-refractivity contribution in [2.45, 2.75) is 58.9 Å². The van der Waals surface area contributed by atoms with E-state index in [2.05, 4.69) is 26.1 Å². The van der Waals surface area contributed by atoms with Crippen LogP contribution in [0.3, 0.4) is 0 Å². The van der Waals surface area contributed by atoms with Crippen molar-refractivity contribution in [2.75, 3.05) is 6.54 Å². The van der Waals surface area contributed by atoms with Crippen LogP contribution in [0, 0.1) is 11.8 Å². The molecule has 0 spiro atoms. The van der Waals surface area contributed by atoms with Gasteiger partial charge in [0.05, 0.1) is 0 Å². The van der Waals surface area contributed by atoms with Crippen LogP contribution in [-0.2, 0) is 0 Å². The second-order valence-corrected chi connectivity index (χ2v) is 4.99. The van der Waals surface area contributed by atoms with E-state index in [9.17, 15) is 0 Å². The van der Waals surface area contributed by atoms with E-state index in [0.29, 0.717) is 0 Å². The lowest BCUT2D eigenvalue weighted by molar-refractivity contribution is 0.276. The Kier molecular flexibility index (Phi) is 4.79. The number of rotatable bonds is 4. The molecule has 0 radical (unpaired) electrons. The van der Waals surface area contributed by atoms with Gasteiger partial charge in [-0.2, -0.15) is 0 Å². The molecule has 0 saturated heterocycles. The van der Waals surface area contributed by atoms with E-state index >= 15 is 0 Å². The monoisotopic (exact) mass is 183 g/mol. The summed E-state index contributed by atoms with van der Waals surface area (Å²) in [7, 11) is 0. The highest BCUT2D eigenvalue weighted by Crippen LogP contribution is 2.26. The predicted molar refractivity (Wildman–Crippen MR) is 58.9 cm³/mol. The number of hydrogen-bond donors (Lipinski definition) is 1. The molecule has 78 valence electrons. The molecule has 1 rings (SSSR count). The molecule has 1 heteroatoms. The van der Waals surface area contributed by atoms with Crippen molar-refractivity contribution in [3.63, 3.8) is 0 Å². The second kappa shape index (κ2) is 5.64. The van der Waals surface area contributed by atoms with Crippen LogP contribution in [0.4, 0.5) is 0 Å². The Morgan fingerprint density at radius 2 is 1.69 bits per heavy atom. The van der Waals surface area contributed by atoms with Gasteiger partial charge in [-0.15, -0.1) is 0 Å². The van der Waals surface area contributed by atoms with Crippen molar-refractivity contribution < 1.29 is 0 Å². The Morgan fingerprint density at radius 3 is 2.23 bits per heavy atom. The molecule has 0 aliphatic heterocycles. The molecular formula is C12H25N. The van der Waals surface area contributed by atoms with Crippen LogP contribution in [0.15, 0.2) is 0 Å². The molecule has 1 aliphatic rings. The van der Waals surface area contributed by atoms with Crippen LogP contribution in [0.1, 0.15) is 52.9 Å². The minimum Gasteiger partial charge on any atom is -0.314 e. The fraction of sp³-hybridized carbons (Fsp3) is 1.00. The summed E-state index contributed by atoms with van der Waals surface area (Å²) in [5.41, 5.74) is 0. The summed E-state index contributed by atoms with van der Waals surface area (Å²) in [5, 5.41) is 3.65. The van der Waals surface area contributed by atoms with Crippen LogP contribution >= 0.6 is 0 Å². The Labute approximate surface area is 83.3 Å². The van der Waals surface area contributed by atoms with E-state index in [-0.39, 0.29) is 0 Å². The van der Waals surface area contributed by atoms with Crippen LogP contribution in [0.2, 0.25) is 0 Å². The Morgan fingerprint density at radius 1 is 1.08 bits per heavy atom. The Balaban J connectivity index is 2.17. The lowest BCUT2D eigenvalue weighted by Crippen LogP contribution is -2.36. The number of hydrogen-bond acceptors (Lipinski definition) is 1. The first-order valence-electron chi connectivity index (χ1n) is 5.93. The third kappa shape index (κ3) is 4.12. The van der Waals surface area contributed by atoms with Gasteiger partial charge in [0.1, 0.15) is 0 Å². The minimum atomic E-state index is 0.739. The highest BCUT2D eigenvalue weighted by Gasteiger charge is 2.19. The van der Waals surface area contributed by atoms with Gasteiger partial charge in [0.15, 0.2) is 0 Å². The maximum Gasteiger partial charge on any atom is 0.00671 e. The van der Waals surface area contributed by atoms with Crippen LogP contribution < -0.4 is 5.32 Å². The molecule has 1 N–H and O–H groups in total. The van der Waals surface area contributed by atoms with E-state index in [1.165, 1.54) is 38.6 Å². The fourth-order valence-corrected chi connectivity index (χ4v) is 2.22. The lowest BCUT2D eigenvalue weighted by Gasteiger charge is -2.28. The summed E-state index contributed by atoms with van der Waals surface area (Å²) in [6.45, 7) is 8.09. The molecule has 13 heavy (non-hydrogen) atoms. The van der Waals surface area contributed by atoms with Gasteiger partial charge in [0, 0.05) is 6.04 Å². The molecule has 0 aromatic rings. The summed E-state index contributed by atoms with van der Waals surface area (Å²) < 4.78 is 0. The molecule has 0 amide bonds. The SMILES string of the molecule is CC(C)CN[C@H](C)C1CCCCC1. The summed E-state index contributed by atoms with van der Waals surface area (Å²) in [5.74, 6) is 1.73. The molecule has 1 saturated carbocycles. The molecule has 0 bridgehead atoms. The third-order valence-corrected chi connectivity index (χ3v) is 3.21. The zero-order valence-electron chi connectivity index (χ0n) is 9.47. The highest BCUT2D eigenvalue weighted by molar-refractivity contribution is 4.75. The molecule has 0 aromatic heterocycles. The molecule has 1 aliphatic carbocycles. The van der Waals surface area contributed by atoms with E-state index < -0.39 is 0 Å². The van der Waals surface area contributed by atoms with Crippen molar-refractivity contribution in [1.29, 1.82) is 0 Å². The van der Waals surface area contributed by atoms with Gasteiger partial charge in [-0.05, 0) is 38.1 Å². The van der Waals surface area contributed by atoms with Crippen LogP contribution in [-0.4, -0.2) is 12.6 Å². The zero-order valence-corrected chi connectivity index (χ0v) is 9.47. The van der Waals surface area contributed by atoms with E-state index in [4.69, 9.17) is 0 Å². The first-order valence-corrected chi connectivity index (χ1v) is 5.93. The zero-order chi connectivity index (χ0) is 9.68. The average molecular weight is 183 g/mol. The topological polar surface area (TPSA) is 12.0 Å². The largest absolute Gasteiger partial charge is 0.314 e. The van der Waals surface area contributed by atoms with Crippen molar-refractivity contribution in [2.24, 2.45) is 11.8 Å². The summed E-state index contributed by atoms with van der Waals surface area (Å²) in [6, 6.07) is 0.739. The number of nitrogens with one attached hydrogen (secondary N) is 1. The van der Waals surface area contributed by atoms with Crippen molar-refractivity contribution in [3.05, 3.63) is 0 Å². The lowest BCUT2D eigenvalue weighted by atomic mass is 9.84. The standard InChI is InChI=1S/C12H25N/c1-10(2)9-13-11(3)12-7-5-4-6-8-12/h10-13H,4-9H2,1-3H3/t11-/m1/s1. The summed E-state index contributed by atoms with van der Waals surface area (Å²) in [4.78, 5) is 0. The van der Waals surface area contributed by atoms with Crippen molar-refractivity contribution >= 4 is 0 Å². The smallest absolute Gasteiger partial charge is 0.00671 e. The fourth-order valence-electron chi connectivity index (χ4n) is 2.22. The molecule has 1 nitrogen and oxygen atoms in total. The summed E-state index contributed by atoms with van der Waals surface area (Å²) in [6.07, 6.45) is 7.28. The van der Waals surface area contributed by atoms with E-state index in [0.717, 1.165) is 17.9 Å². The quantitative estimate of drug-likeness (QED) is 0.706. The second-order valence-electron chi connectivity index (χ2n) is 4.99. The minimum absolute atomic E-state index is 0.739. The molecular weight excluding hydrogens is 158 g/mol. The van der Waals surface area contributed by atoms with Gasteiger partial charge in [-0.25, -0.2) is 0 Å².